The minimum Gasteiger partial charge on any atom is -0.489 e. The summed E-state index contributed by atoms with van der Waals surface area (Å²) >= 11 is 0. The maximum atomic E-state index is 13.2. The number of aliphatic imine (C=N–C) groups is 1. The van der Waals surface area contributed by atoms with Crippen molar-refractivity contribution >= 4 is 11.9 Å². The fraction of sp³-hybridized carbons (Fsp3) is 0.529. The molecule has 8 heteroatoms. The molecule has 0 saturated carbocycles. The first-order valence-electron chi connectivity index (χ1n) is 8.21. The molecule has 0 aliphatic carbocycles. The second kappa shape index (κ2) is 12.1. The van der Waals surface area contributed by atoms with Gasteiger partial charge in [-0.15, -0.1) is 0 Å². The number of hydrogen-bond donors (Lipinski definition) is 3. The molecule has 25 heavy (non-hydrogen) atoms. The Bertz CT molecular complexity index is 554. The first-order chi connectivity index (χ1) is 12.1. The zero-order valence-electron chi connectivity index (χ0n) is 15.0. The Balaban J connectivity index is 2.37. The van der Waals surface area contributed by atoms with Gasteiger partial charge in [-0.25, -0.2) is 4.39 Å². The van der Waals surface area contributed by atoms with Crippen LogP contribution in [0.3, 0.4) is 0 Å². The van der Waals surface area contributed by atoms with Gasteiger partial charge in [0.25, 0.3) is 0 Å². The number of methoxy groups -OCH3 is 1. The quantitative estimate of drug-likeness (QED) is 0.330. The van der Waals surface area contributed by atoms with Gasteiger partial charge < -0.3 is 25.4 Å². The first-order valence-corrected chi connectivity index (χ1v) is 8.21. The van der Waals surface area contributed by atoms with Gasteiger partial charge in [0.1, 0.15) is 17.7 Å². The van der Waals surface area contributed by atoms with Gasteiger partial charge in [-0.2, -0.15) is 0 Å². The molecular formula is C17H27FN4O3. The predicted molar refractivity (Wildman–Crippen MR) is 95.4 cm³/mol. The van der Waals surface area contributed by atoms with Crippen LogP contribution >= 0.6 is 0 Å². The van der Waals surface area contributed by atoms with Crippen molar-refractivity contribution in [2.45, 2.75) is 19.4 Å². The number of amides is 1. The summed E-state index contributed by atoms with van der Waals surface area (Å²) in [6, 6.07) is 6.03. The third-order valence-corrected chi connectivity index (χ3v) is 3.32. The molecule has 0 spiro atoms. The number of benzene rings is 1. The average Bonchev–Trinajstić information content (AvgIpc) is 2.61. The molecule has 0 heterocycles. The van der Waals surface area contributed by atoms with Gasteiger partial charge in [-0.1, -0.05) is 13.0 Å². The highest BCUT2D eigenvalue weighted by atomic mass is 19.1. The number of ether oxygens (including phenoxy) is 2. The average molecular weight is 354 g/mol. The van der Waals surface area contributed by atoms with Crippen LogP contribution in [0.15, 0.2) is 29.3 Å². The number of nitrogens with one attached hydrogen (secondary N) is 3. The van der Waals surface area contributed by atoms with Crippen LogP contribution in [0.1, 0.15) is 13.3 Å². The fourth-order valence-corrected chi connectivity index (χ4v) is 1.95. The van der Waals surface area contributed by atoms with Gasteiger partial charge in [-0.3, -0.25) is 9.79 Å². The molecule has 0 aliphatic heterocycles. The van der Waals surface area contributed by atoms with Crippen molar-refractivity contribution in [3.05, 3.63) is 30.1 Å². The van der Waals surface area contributed by atoms with Crippen LogP contribution < -0.4 is 20.7 Å². The highest BCUT2D eigenvalue weighted by Crippen LogP contribution is 2.14. The van der Waals surface area contributed by atoms with Crippen molar-refractivity contribution < 1.29 is 18.7 Å². The lowest BCUT2D eigenvalue weighted by Gasteiger charge is -2.20. The van der Waals surface area contributed by atoms with Crippen molar-refractivity contribution in [1.82, 2.24) is 16.0 Å². The van der Waals surface area contributed by atoms with E-state index < -0.39 is 0 Å². The summed E-state index contributed by atoms with van der Waals surface area (Å²) in [5.41, 5.74) is 0. The van der Waals surface area contributed by atoms with E-state index in [1.165, 1.54) is 12.1 Å². The second-order valence-corrected chi connectivity index (χ2v) is 5.25. The smallest absolute Gasteiger partial charge is 0.239 e. The highest BCUT2D eigenvalue weighted by Gasteiger charge is 2.10. The van der Waals surface area contributed by atoms with Crippen molar-refractivity contribution in [3.63, 3.8) is 0 Å². The Morgan fingerprint density at radius 1 is 1.32 bits per heavy atom. The summed E-state index contributed by atoms with van der Waals surface area (Å²) in [4.78, 5) is 15.7. The van der Waals surface area contributed by atoms with Crippen LogP contribution in [-0.4, -0.2) is 58.4 Å². The van der Waals surface area contributed by atoms with Crippen LogP contribution in [0.4, 0.5) is 4.39 Å². The van der Waals surface area contributed by atoms with Crippen molar-refractivity contribution in [3.8, 4) is 5.75 Å². The number of guanidine groups is 1. The third kappa shape index (κ3) is 8.90. The van der Waals surface area contributed by atoms with Crippen LogP contribution in [-0.2, 0) is 9.53 Å². The van der Waals surface area contributed by atoms with E-state index in [0.717, 1.165) is 6.42 Å². The van der Waals surface area contributed by atoms with Gasteiger partial charge in [0.05, 0.1) is 19.7 Å². The Morgan fingerprint density at radius 2 is 2.12 bits per heavy atom. The molecule has 0 saturated heterocycles. The largest absolute Gasteiger partial charge is 0.489 e. The van der Waals surface area contributed by atoms with E-state index in [1.807, 2.05) is 6.92 Å². The van der Waals surface area contributed by atoms with Crippen LogP contribution in [0, 0.1) is 5.82 Å². The van der Waals surface area contributed by atoms with E-state index in [2.05, 4.69) is 20.9 Å². The van der Waals surface area contributed by atoms with Gasteiger partial charge >= 0.3 is 0 Å². The van der Waals surface area contributed by atoms with Gasteiger partial charge in [0.2, 0.25) is 5.91 Å². The van der Waals surface area contributed by atoms with Gasteiger partial charge in [-0.05, 0) is 18.6 Å². The molecular weight excluding hydrogens is 327 g/mol. The molecule has 1 aromatic carbocycles. The number of hydrogen-bond acceptors (Lipinski definition) is 4. The summed E-state index contributed by atoms with van der Waals surface area (Å²) in [5.74, 6) is 0.484. The lowest BCUT2D eigenvalue weighted by molar-refractivity contribution is -0.120. The number of rotatable bonds is 10. The molecule has 1 unspecified atom stereocenters. The van der Waals surface area contributed by atoms with Gasteiger partial charge in [0.15, 0.2) is 5.96 Å². The Morgan fingerprint density at radius 3 is 2.76 bits per heavy atom. The maximum Gasteiger partial charge on any atom is 0.239 e. The fourth-order valence-electron chi connectivity index (χ4n) is 1.95. The number of carbonyl (C=O) groups excluding carboxylic acids is 1. The maximum absolute atomic E-state index is 13.2. The molecule has 1 atom stereocenters. The molecule has 0 aromatic heterocycles. The topological polar surface area (TPSA) is 84.0 Å². The minimum atomic E-state index is -0.336. The van der Waals surface area contributed by atoms with E-state index >= 15 is 0 Å². The van der Waals surface area contributed by atoms with Crippen molar-refractivity contribution in [1.29, 1.82) is 0 Å². The summed E-state index contributed by atoms with van der Waals surface area (Å²) in [5, 5.41) is 8.72. The monoisotopic (exact) mass is 354 g/mol. The van der Waals surface area contributed by atoms with E-state index in [0.29, 0.717) is 31.4 Å². The number of nitrogens with zero attached hydrogens (tertiary/aromatic N) is 1. The highest BCUT2D eigenvalue weighted by molar-refractivity contribution is 5.86. The SMILES string of the molecule is CCC(CNC(=NC)NCC(=O)NCCOC)Oc1cccc(F)c1. The molecule has 3 N–H and O–H groups in total. The molecule has 0 bridgehead atoms. The molecule has 1 rings (SSSR count). The molecule has 1 aromatic rings. The normalized spacial score (nSPS) is 12.4. The second-order valence-electron chi connectivity index (χ2n) is 5.25. The van der Waals surface area contributed by atoms with E-state index in [9.17, 15) is 9.18 Å². The summed E-state index contributed by atoms with van der Waals surface area (Å²) in [6.07, 6.45) is 0.578. The molecule has 1 amide bonds. The number of carbonyl (C=O) groups is 1. The Hall–Kier alpha value is -2.35. The van der Waals surface area contributed by atoms with Crippen LogP contribution in [0.5, 0.6) is 5.75 Å². The van der Waals surface area contributed by atoms with E-state index in [4.69, 9.17) is 9.47 Å². The summed E-state index contributed by atoms with van der Waals surface area (Å²) in [7, 11) is 3.19. The predicted octanol–water partition coefficient (Wildman–Crippen LogP) is 0.911. The first kappa shape index (κ1) is 20.7. The van der Waals surface area contributed by atoms with E-state index in [-0.39, 0.29) is 24.4 Å². The minimum absolute atomic E-state index is 0.102. The molecule has 0 aliphatic rings. The van der Waals surface area contributed by atoms with E-state index in [1.54, 1.807) is 26.3 Å². The zero-order valence-corrected chi connectivity index (χ0v) is 15.0. The van der Waals surface area contributed by atoms with Crippen LogP contribution in [0.25, 0.3) is 0 Å². The van der Waals surface area contributed by atoms with Crippen molar-refractivity contribution in [2.24, 2.45) is 4.99 Å². The third-order valence-electron chi connectivity index (χ3n) is 3.32. The Labute approximate surface area is 148 Å². The summed E-state index contributed by atoms with van der Waals surface area (Å²) < 4.78 is 23.8. The molecule has 0 fully saturated rings. The number of halogens is 1. The molecule has 0 radical (unpaired) electrons. The van der Waals surface area contributed by atoms with Crippen LogP contribution in [0.2, 0.25) is 0 Å². The Kier molecular flexibility index (Phi) is 10.00. The lowest BCUT2D eigenvalue weighted by Crippen LogP contribution is -2.46. The van der Waals surface area contributed by atoms with Gasteiger partial charge in [0, 0.05) is 26.8 Å². The molecule has 140 valence electrons. The molecule has 7 nitrogen and oxygen atoms in total. The van der Waals surface area contributed by atoms with Crippen molar-refractivity contribution in [2.75, 3.05) is 40.4 Å². The zero-order chi connectivity index (χ0) is 18.5. The summed E-state index contributed by atoms with van der Waals surface area (Å²) in [6.45, 7) is 3.48. The standard InChI is InChI=1S/C17H27FN4O3/c1-4-14(25-15-7-5-6-13(18)10-15)11-21-17(19-2)22-12-16(23)20-8-9-24-3/h5-7,10,14H,4,8-9,11-12H2,1-3H3,(H,20,23)(H2,19,21,22). The lowest BCUT2D eigenvalue weighted by atomic mass is 10.2.